The minimum absolute atomic E-state index is 0.516. The Hall–Kier alpha value is -1.60. The van der Waals surface area contributed by atoms with Gasteiger partial charge < -0.3 is 9.80 Å². The van der Waals surface area contributed by atoms with Crippen LogP contribution in [0.25, 0.3) is 0 Å². The van der Waals surface area contributed by atoms with Crippen LogP contribution in [0.3, 0.4) is 0 Å². The predicted octanol–water partition coefficient (Wildman–Crippen LogP) is 1.48. The van der Waals surface area contributed by atoms with Crippen molar-refractivity contribution in [1.29, 1.82) is 5.26 Å². The van der Waals surface area contributed by atoms with Crippen molar-refractivity contribution in [3.05, 3.63) is 24.0 Å². The number of pyridine rings is 1. The Morgan fingerprint density at radius 2 is 2.18 bits per heavy atom. The van der Waals surface area contributed by atoms with Crippen LogP contribution in [-0.4, -0.2) is 43.1 Å². The fourth-order valence-electron chi connectivity index (χ4n) is 2.34. The van der Waals surface area contributed by atoms with Gasteiger partial charge in [-0.15, -0.1) is 0 Å². The van der Waals surface area contributed by atoms with Gasteiger partial charge in [0, 0.05) is 19.3 Å². The second-order valence-electron chi connectivity index (χ2n) is 4.65. The third kappa shape index (κ3) is 2.56. The molecule has 17 heavy (non-hydrogen) atoms. The Labute approximate surface area is 102 Å². The summed E-state index contributed by atoms with van der Waals surface area (Å²) in [5.41, 5.74) is 1.66. The SMILES string of the molecule is CN1CCC(N(C)c2cnccc2C#N)CC1. The smallest absolute Gasteiger partial charge is 0.101 e. The number of hydrogen-bond acceptors (Lipinski definition) is 4. The van der Waals surface area contributed by atoms with Gasteiger partial charge in [0.15, 0.2) is 0 Å². The normalized spacial score (nSPS) is 17.7. The Bertz CT molecular complexity index is 416. The lowest BCUT2D eigenvalue weighted by Gasteiger charge is -2.36. The van der Waals surface area contributed by atoms with Crippen molar-refractivity contribution in [3.8, 4) is 6.07 Å². The van der Waals surface area contributed by atoms with Crippen LogP contribution in [0.4, 0.5) is 5.69 Å². The molecule has 0 aliphatic carbocycles. The molecule has 4 nitrogen and oxygen atoms in total. The van der Waals surface area contributed by atoms with Gasteiger partial charge in [-0.1, -0.05) is 0 Å². The van der Waals surface area contributed by atoms with Crippen LogP contribution < -0.4 is 4.90 Å². The molecule has 0 bridgehead atoms. The number of nitrogens with zero attached hydrogens (tertiary/aromatic N) is 4. The van der Waals surface area contributed by atoms with Gasteiger partial charge in [0.05, 0.1) is 17.4 Å². The summed E-state index contributed by atoms with van der Waals surface area (Å²) in [6.45, 7) is 2.24. The zero-order valence-corrected chi connectivity index (χ0v) is 10.4. The molecule has 2 heterocycles. The summed E-state index contributed by atoms with van der Waals surface area (Å²) in [5, 5.41) is 9.10. The summed E-state index contributed by atoms with van der Waals surface area (Å²) in [5.74, 6) is 0. The van der Waals surface area contributed by atoms with E-state index in [4.69, 9.17) is 5.26 Å². The van der Waals surface area contributed by atoms with Gasteiger partial charge in [0.1, 0.15) is 6.07 Å². The molecule has 0 atom stereocenters. The summed E-state index contributed by atoms with van der Waals surface area (Å²) in [7, 11) is 4.22. The van der Waals surface area contributed by atoms with Crippen LogP contribution in [-0.2, 0) is 0 Å². The van der Waals surface area contributed by atoms with Gasteiger partial charge >= 0.3 is 0 Å². The lowest BCUT2D eigenvalue weighted by atomic mass is 10.0. The Morgan fingerprint density at radius 1 is 1.47 bits per heavy atom. The van der Waals surface area contributed by atoms with Gasteiger partial charge in [0.2, 0.25) is 0 Å². The molecule has 90 valence electrons. The van der Waals surface area contributed by atoms with E-state index in [-0.39, 0.29) is 0 Å². The number of hydrogen-bond donors (Lipinski definition) is 0. The maximum atomic E-state index is 9.10. The molecule has 4 heteroatoms. The quantitative estimate of drug-likeness (QED) is 0.772. The molecule has 1 aromatic heterocycles. The van der Waals surface area contributed by atoms with Gasteiger partial charge in [-0.3, -0.25) is 4.98 Å². The summed E-state index contributed by atoms with van der Waals surface area (Å²) in [6.07, 6.45) is 5.75. The minimum Gasteiger partial charge on any atom is -0.369 e. The summed E-state index contributed by atoms with van der Waals surface area (Å²) in [6, 6.07) is 4.53. The molecule has 0 aromatic carbocycles. The molecule has 1 aliphatic heterocycles. The predicted molar refractivity (Wildman–Crippen MR) is 67.9 cm³/mol. The molecule has 0 amide bonds. The fourth-order valence-corrected chi connectivity index (χ4v) is 2.34. The topological polar surface area (TPSA) is 43.2 Å². The molecule has 0 spiro atoms. The van der Waals surface area contributed by atoms with Crippen LogP contribution in [0.15, 0.2) is 18.5 Å². The first-order chi connectivity index (χ1) is 8.22. The lowest BCUT2D eigenvalue weighted by molar-refractivity contribution is 0.253. The molecule has 0 unspecified atom stereocenters. The van der Waals surface area contributed by atoms with Gasteiger partial charge in [-0.05, 0) is 39.0 Å². The van der Waals surface area contributed by atoms with E-state index < -0.39 is 0 Å². The number of anilines is 1. The van der Waals surface area contributed by atoms with E-state index in [0.29, 0.717) is 11.6 Å². The number of aromatic nitrogens is 1. The zero-order valence-electron chi connectivity index (χ0n) is 10.4. The molecule has 2 rings (SSSR count). The molecule has 1 aromatic rings. The van der Waals surface area contributed by atoms with E-state index in [1.165, 1.54) is 0 Å². The van der Waals surface area contributed by atoms with Crippen molar-refractivity contribution in [3.63, 3.8) is 0 Å². The monoisotopic (exact) mass is 230 g/mol. The third-order valence-corrected chi connectivity index (χ3v) is 3.54. The molecule has 1 saturated heterocycles. The maximum Gasteiger partial charge on any atom is 0.101 e. The Kier molecular flexibility index (Phi) is 3.60. The first-order valence-electron chi connectivity index (χ1n) is 5.98. The molecule has 1 aliphatic rings. The molecule has 0 radical (unpaired) electrons. The number of rotatable bonds is 2. The molecule has 1 fully saturated rings. The summed E-state index contributed by atoms with van der Waals surface area (Å²) < 4.78 is 0. The summed E-state index contributed by atoms with van der Waals surface area (Å²) in [4.78, 5) is 8.67. The maximum absolute atomic E-state index is 9.10. The zero-order chi connectivity index (χ0) is 12.3. The van der Waals surface area contributed by atoms with E-state index in [9.17, 15) is 0 Å². The highest BCUT2D eigenvalue weighted by atomic mass is 15.2. The number of nitriles is 1. The summed E-state index contributed by atoms with van der Waals surface area (Å²) >= 11 is 0. The van der Waals surface area contributed by atoms with E-state index >= 15 is 0 Å². The van der Waals surface area contributed by atoms with E-state index in [1.807, 2.05) is 0 Å². The van der Waals surface area contributed by atoms with Crippen molar-refractivity contribution in [2.45, 2.75) is 18.9 Å². The number of piperidine rings is 1. The first-order valence-corrected chi connectivity index (χ1v) is 5.98. The largest absolute Gasteiger partial charge is 0.369 e. The highest BCUT2D eigenvalue weighted by Crippen LogP contribution is 2.23. The van der Waals surface area contributed by atoms with E-state index in [1.54, 1.807) is 18.5 Å². The highest BCUT2D eigenvalue weighted by molar-refractivity contribution is 5.57. The standard InChI is InChI=1S/C13H18N4/c1-16-7-4-12(5-8-16)17(2)13-10-15-6-3-11(13)9-14/h3,6,10,12H,4-5,7-8H2,1-2H3. The fraction of sp³-hybridized carbons (Fsp3) is 0.538. The second kappa shape index (κ2) is 5.15. The van der Waals surface area contributed by atoms with E-state index in [0.717, 1.165) is 31.6 Å². The van der Waals surface area contributed by atoms with Gasteiger partial charge in [-0.25, -0.2) is 0 Å². The van der Waals surface area contributed by atoms with Crippen molar-refractivity contribution >= 4 is 5.69 Å². The molecular formula is C13H18N4. The molecule has 0 saturated carbocycles. The van der Waals surface area contributed by atoms with E-state index in [2.05, 4.69) is 34.9 Å². The highest BCUT2D eigenvalue weighted by Gasteiger charge is 2.22. The van der Waals surface area contributed by atoms with Crippen molar-refractivity contribution in [2.75, 3.05) is 32.1 Å². The van der Waals surface area contributed by atoms with Crippen molar-refractivity contribution in [1.82, 2.24) is 9.88 Å². The Balaban J connectivity index is 2.14. The minimum atomic E-state index is 0.516. The molecule has 0 N–H and O–H groups in total. The van der Waals surface area contributed by atoms with Crippen LogP contribution in [0, 0.1) is 11.3 Å². The first kappa shape index (κ1) is 11.9. The molecular weight excluding hydrogens is 212 g/mol. The van der Waals surface area contributed by atoms with Gasteiger partial charge in [-0.2, -0.15) is 5.26 Å². The van der Waals surface area contributed by atoms with Gasteiger partial charge in [0.25, 0.3) is 0 Å². The van der Waals surface area contributed by atoms with Crippen LogP contribution in [0.5, 0.6) is 0 Å². The van der Waals surface area contributed by atoms with Crippen LogP contribution in [0.2, 0.25) is 0 Å². The average molecular weight is 230 g/mol. The average Bonchev–Trinajstić information content (AvgIpc) is 2.39. The second-order valence-corrected chi connectivity index (χ2v) is 4.65. The van der Waals surface area contributed by atoms with Crippen LogP contribution in [0.1, 0.15) is 18.4 Å². The lowest BCUT2D eigenvalue weighted by Crippen LogP contribution is -2.42. The van der Waals surface area contributed by atoms with Crippen LogP contribution >= 0.6 is 0 Å². The van der Waals surface area contributed by atoms with Crippen molar-refractivity contribution < 1.29 is 0 Å². The number of likely N-dealkylation sites (tertiary alicyclic amines) is 1. The van der Waals surface area contributed by atoms with Crippen molar-refractivity contribution in [2.24, 2.45) is 0 Å². The third-order valence-electron chi connectivity index (χ3n) is 3.54. The Morgan fingerprint density at radius 3 is 2.82 bits per heavy atom.